The average molecular weight is 235 g/mol. The van der Waals surface area contributed by atoms with Gasteiger partial charge in [0.15, 0.2) is 0 Å². The SMILES string of the molecule is Clc1cccc(Cl)n1.F[B-](F)(F)F. The number of halogens is 6. The molecule has 74 valence electrons. The predicted molar refractivity (Wildman–Crippen MR) is 44.4 cm³/mol. The molecule has 0 spiro atoms. The summed E-state index contributed by atoms with van der Waals surface area (Å²) in [5, 5.41) is 0.856. The highest BCUT2D eigenvalue weighted by atomic mass is 35.5. The molecule has 0 atom stereocenters. The summed E-state index contributed by atoms with van der Waals surface area (Å²) in [5.74, 6) is 0. The van der Waals surface area contributed by atoms with E-state index >= 15 is 0 Å². The summed E-state index contributed by atoms with van der Waals surface area (Å²) in [6.45, 7) is 0. The molecule has 0 N–H and O–H groups in total. The molecular formula is C5H3BCl2F4N-. The Labute approximate surface area is 81.8 Å². The first-order chi connectivity index (χ1) is 5.79. The van der Waals surface area contributed by atoms with Crippen LogP contribution in [0.4, 0.5) is 17.3 Å². The normalized spacial score (nSPS) is 10.3. The van der Waals surface area contributed by atoms with Crippen molar-refractivity contribution in [3.05, 3.63) is 28.5 Å². The smallest absolute Gasteiger partial charge is 0.418 e. The van der Waals surface area contributed by atoms with E-state index in [2.05, 4.69) is 4.98 Å². The van der Waals surface area contributed by atoms with Crippen molar-refractivity contribution in [2.24, 2.45) is 0 Å². The second kappa shape index (κ2) is 5.29. The molecular weight excluding hydrogens is 232 g/mol. The Hall–Kier alpha value is -0.485. The van der Waals surface area contributed by atoms with Gasteiger partial charge in [0.2, 0.25) is 0 Å². The highest BCUT2D eigenvalue weighted by molar-refractivity contribution is 6.50. The molecule has 0 radical (unpaired) electrons. The Balaban J connectivity index is 0.000000252. The first-order valence-corrected chi connectivity index (χ1v) is 3.70. The lowest BCUT2D eigenvalue weighted by Crippen LogP contribution is -2.02. The van der Waals surface area contributed by atoms with Crippen LogP contribution in [-0.2, 0) is 0 Å². The third-order valence-electron chi connectivity index (χ3n) is 0.681. The second-order valence-electron chi connectivity index (χ2n) is 1.78. The maximum absolute atomic E-state index is 9.75. The molecule has 0 fully saturated rings. The van der Waals surface area contributed by atoms with Crippen LogP contribution in [0.1, 0.15) is 0 Å². The predicted octanol–water partition coefficient (Wildman–Crippen LogP) is 3.69. The molecule has 0 saturated heterocycles. The number of rotatable bonds is 0. The van der Waals surface area contributed by atoms with E-state index in [0.29, 0.717) is 10.3 Å². The fourth-order valence-corrected chi connectivity index (χ4v) is 0.754. The quantitative estimate of drug-likeness (QED) is 0.379. The first kappa shape index (κ1) is 12.5. The molecule has 1 aromatic heterocycles. The minimum Gasteiger partial charge on any atom is -0.418 e. The van der Waals surface area contributed by atoms with Crippen LogP contribution < -0.4 is 0 Å². The summed E-state index contributed by atoms with van der Waals surface area (Å²) in [7, 11) is -6.00. The maximum atomic E-state index is 9.75. The van der Waals surface area contributed by atoms with Crippen molar-refractivity contribution in [1.29, 1.82) is 0 Å². The van der Waals surface area contributed by atoms with Crippen molar-refractivity contribution in [3.63, 3.8) is 0 Å². The Morgan fingerprint density at radius 3 is 1.46 bits per heavy atom. The number of pyridine rings is 1. The summed E-state index contributed by atoms with van der Waals surface area (Å²) in [4.78, 5) is 3.70. The second-order valence-corrected chi connectivity index (χ2v) is 2.55. The van der Waals surface area contributed by atoms with Gasteiger partial charge in [0.1, 0.15) is 10.3 Å². The standard InChI is InChI=1S/C5H3Cl2N.BF4/c6-4-2-1-3-5(7)8-4;2-1(3,4)5/h1-3H;/q;-1. The van der Waals surface area contributed by atoms with Gasteiger partial charge in [-0.25, -0.2) is 4.98 Å². The average Bonchev–Trinajstić information content (AvgIpc) is 1.81. The molecule has 0 bridgehead atoms. The van der Waals surface area contributed by atoms with Gasteiger partial charge in [-0.1, -0.05) is 29.3 Å². The van der Waals surface area contributed by atoms with E-state index in [-0.39, 0.29) is 0 Å². The molecule has 1 heterocycles. The van der Waals surface area contributed by atoms with Gasteiger partial charge in [-0.05, 0) is 12.1 Å². The fourth-order valence-electron chi connectivity index (χ4n) is 0.383. The van der Waals surface area contributed by atoms with Crippen molar-refractivity contribution in [2.75, 3.05) is 0 Å². The molecule has 0 aliphatic heterocycles. The lowest BCUT2D eigenvalue weighted by molar-refractivity contribution is 0.368. The van der Waals surface area contributed by atoms with Crippen LogP contribution in [0.25, 0.3) is 0 Å². The Kier molecular flexibility index (Phi) is 5.09. The minimum atomic E-state index is -6.00. The summed E-state index contributed by atoms with van der Waals surface area (Å²) in [6, 6.07) is 5.10. The summed E-state index contributed by atoms with van der Waals surface area (Å²) in [6.07, 6.45) is 0. The van der Waals surface area contributed by atoms with E-state index in [1.54, 1.807) is 18.2 Å². The summed E-state index contributed by atoms with van der Waals surface area (Å²) < 4.78 is 39.0. The van der Waals surface area contributed by atoms with E-state index in [0.717, 1.165) is 0 Å². The minimum absolute atomic E-state index is 0.428. The fraction of sp³-hybridized carbons (Fsp3) is 0. The molecule has 0 amide bonds. The van der Waals surface area contributed by atoms with Crippen LogP contribution in [-0.4, -0.2) is 12.2 Å². The summed E-state index contributed by atoms with van der Waals surface area (Å²) in [5.41, 5.74) is 0. The van der Waals surface area contributed by atoms with Crippen molar-refractivity contribution >= 4 is 30.5 Å². The third-order valence-corrected chi connectivity index (χ3v) is 1.10. The van der Waals surface area contributed by atoms with Gasteiger partial charge in [0, 0.05) is 0 Å². The van der Waals surface area contributed by atoms with Crippen LogP contribution in [0.3, 0.4) is 0 Å². The maximum Gasteiger partial charge on any atom is 0.673 e. The van der Waals surface area contributed by atoms with E-state index in [1.165, 1.54) is 0 Å². The van der Waals surface area contributed by atoms with E-state index in [4.69, 9.17) is 23.2 Å². The van der Waals surface area contributed by atoms with Gasteiger partial charge in [-0.3, -0.25) is 0 Å². The lowest BCUT2D eigenvalue weighted by atomic mass is 10.3. The zero-order chi connectivity index (χ0) is 10.5. The van der Waals surface area contributed by atoms with Crippen molar-refractivity contribution < 1.29 is 17.3 Å². The topological polar surface area (TPSA) is 12.9 Å². The largest absolute Gasteiger partial charge is 0.673 e. The molecule has 0 saturated carbocycles. The molecule has 0 unspecified atom stereocenters. The molecule has 1 nitrogen and oxygen atoms in total. The van der Waals surface area contributed by atoms with Gasteiger partial charge in [-0.2, -0.15) is 0 Å². The molecule has 0 aliphatic rings. The molecule has 1 rings (SSSR count). The first-order valence-electron chi connectivity index (χ1n) is 2.94. The van der Waals surface area contributed by atoms with Gasteiger partial charge < -0.3 is 17.3 Å². The number of hydrogen-bond donors (Lipinski definition) is 0. The van der Waals surface area contributed by atoms with Crippen LogP contribution in [0.15, 0.2) is 18.2 Å². The molecule has 0 aliphatic carbocycles. The van der Waals surface area contributed by atoms with Crippen molar-refractivity contribution in [3.8, 4) is 0 Å². The van der Waals surface area contributed by atoms with E-state index in [9.17, 15) is 17.3 Å². The molecule has 0 aromatic carbocycles. The number of nitrogens with zero attached hydrogens (tertiary/aromatic N) is 1. The zero-order valence-corrected chi connectivity index (χ0v) is 7.54. The molecule has 1 aromatic rings. The van der Waals surface area contributed by atoms with Crippen LogP contribution in [0.5, 0.6) is 0 Å². The molecule has 8 heteroatoms. The highest BCUT2D eigenvalue weighted by Gasteiger charge is 2.20. The van der Waals surface area contributed by atoms with Gasteiger partial charge >= 0.3 is 7.25 Å². The van der Waals surface area contributed by atoms with Gasteiger partial charge in [-0.15, -0.1) is 0 Å². The van der Waals surface area contributed by atoms with Gasteiger partial charge in [0.25, 0.3) is 0 Å². The number of aromatic nitrogens is 1. The Morgan fingerprint density at radius 1 is 1.00 bits per heavy atom. The van der Waals surface area contributed by atoms with Crippen molar-refractivity contribution in [1.82, 2.24) is 4.98 Å². The zero-order valence-electron chi connectivity index (χ0n) is 6.02. The number of hydrogen-bond acceptors (Lipinski definition) is 1. The van der Waals surface area contributed by atoms with Crippen LogP contribution in [0.2, 0.25) is 10.3 Å². The van der Waals surface area contributed by atoms with Crippen molar-refractivity contribution in [2.45, 2.75) is 0 Å². The highest BCUT2D eigenvalue weighted by Crippen LogP contribution is 2.08. The summed E-state index contributed by atoms with van der Waals surface area (Å²) >= 11 is 10.9. The Bertz CT molecular complexity index is 244. The van der Waals surface area contributed by atoms with Crippen LogP contribution >= 0.6 is 23.2 Å². The lowest BCUT2D eigenvalue weighted by Gasteiger charge is -1.94. The third kappa shape index (κ3) is 11.5. The van der Waals surface area contributed by atoms with Crippen LogP contribution in [0, 0.1) is 0 Å². The van der Waals surface area contributed by atoms with Gasteiger partial charge in [0.05, 0.1) is 0 Å². The van der Waals surface area contributed by atoms with E-state index < -0.39 is 7.25 Å². The molecule has 13 heavy (non-hydrogen) atoms. The monoisotopic (exact) mass is 234 g/mol. The van der Waals surface area contributed by atoms with E-state index in [1.807, 2.05) is 0 Å². The Morgan fingerprint density at radius 2 is 1.31 bits per heavy atom.